The lowest BCUT2D eigenvalue weighted by Gasteiger charge is -2.08. The number of carbonyl (C=O) groups is 2. The quantitative estimate of drug-likeness (QED) is 0.691. The lowest BCUT2D eigenvalue weighted by atomic mass is 10.1. The van der Waals surface area contributed by atoms with Gasteiger partial charge in [0.15, 0.2) is 0 Å². The average Bonchev–Trinajstić information content (AvgIpc) is 3.23. The SMILES string of the molecule is NC(=O)c1c(NC(=O)c2ccc(Oc3ccccc3)cc2)sc2c1CCC2. The van der Waals surface area contributed by atoms with E-state index in [4.69, 9.17) is 10.5 Å². The Bertz CT molecular complexity index is 994. The molecule has 0 saturated heterocycles. The minimum atomic E-state index is -0.490. The Morgan fingerprint density at radius 3 is 2.37 bits per heavy atom. The van der Waals surface area contributed by atoms with E-state index in [1.165, 1.54) is 11.3 Å². The van der Waals surface area contributed by atoms with Crippen LogP contribution in [0.4, 0.5) is 5.00 Å². The number of aryl methyl sites for hydroxylation is 1. The largest absolute Gasteiger partial charge is 0.457 e. The molecule has 6 heteroatoms. The van der Waals surface area contributed by atoms with E-state index in [9.17, 15) is 9.59 Å². The van der Waals surface area contributed by atoms with Crippen LogP contribution in [-0.2, 0) is 12.8 Å². The van der Waals surface area contributed by atoms with Crippen LogP contribution in [0.3, 0.4) is 0 Å². The molecule has 1 aliphatic carbocycles. The van der Waals surface area contributed by atoms with E-state index in [-0.39, 0.29) is 5.91 Å². The lowest BCUT2D eigenvalue weighted by Crippen LogP contribution is -2.17. The second-order valence-electron chi connectivity index (χ2n) is 6.32. The highest BCUT2D eigenvalue weighted by Gasteiger charge is 2.26. The fourth-order valence-corrected chi connectivity index (χ4v) is 4.52. The number of hydrogen-bond donors (Lipinski definition) is 2. The summed E-state index contributed by atoms with van der Waals surface area (Å²) in [4.78, 5) is 25.6. The Balaban J connectivity index is 1.50. The van der Waals surface area contributed by atoms with Gasteiger partial charge in [-0.1, -0.05) is 18.2 Å². The van der Waals surface area contributed by atoms with E-state index in [0.29, 0.717) is 21.9 Å². The minimum absolute atomic E-state index is 0.274. The van der Waals surface area contributed by atoms with Crippen molar-refractivity contribution in [2.45, 2.75) is 19.3 Å². The molecule has 136 valence electrons. The first-order valence-electron chi connectivity index (χ1n) is 8.70. The number of carbonyl (C=O) groups excluding carboxylic acids is 2. The number of hydrogen-bond acceptors (Lipinski definition) is 4. The molecular weight excluding hydrogens is 360 g/mol. The van der Waals surface area contributed by atoms with Crippen LogP contribution in [0.2, 0.25) is 0 Å². The first kappa shape index (κ1) is 17.3. The van der Waals surface area contributed by atoms with Crippen molar-refractivity contribution in [2.24, 2.45) is 5.73 Å². The summed E-state index contributed by atoms with van der Waals surface area (Å²) in [6, 6.07) is 16.3. The highest BCUT2D eigenvalue weighted by molar-refractivity contribution is 7.17. The van der Waals surface area contributed by atoms with Crippen LogP contribution in [0.5, 0.6) is 11.5 Å². The zero-order valence-electron chi connectivity index (χ0n) is 14.5. The fourth-order valence-electron chi connectivity index (χ4n) is 3.23. The molecule has 1 heterocycles. The summed E-state index contributed by atoms with van der Waals surface area (Å²) in [5, 5.41) is 3.39. The molecule has 0 atom stereocenters. The Kier molecular flexibility index (Phi) is 4.64. The van der Waals surface area contributed by atoms with Crippen molar-refractivity contribution >= 4 is 28.2 Å². The van der Waals surface area contributed by atoms with Gasteiger partial charge in [-0.15, -0.1) is 11.3 Å². The zero-order valence-corrected chi connectivity index (χ0v) is 15.3. The van der Waals surface area contributed by atoms with Gasteiger partial charge in [0.25, 0.3) is 11.8 Å². The van der Waals surface area contributed by atoms with Gasteiger partial charge in [-0.2, -0.15) is 0 Å². The third-order valence-electron chi connectivity index (χ3n) is 4.49. The summed E-state index contributed by atoms with van der Waals surface area (Å²) in [6.07, 6.45) is 2.80. The second kappa shape index (κ2) is 7.25. The van der Waals surface area contributed by atoms with Gasteiger partial charge in [0.2, 0.25) is 0 Å². The van der Waals surface area contributed by atoms with E-state index >= 15 is 0 Å². The van der Waals surface area contributed by atoms with Gasteiger partial charge in [0, 0.05) is 10.4 Å². The second-order valence-corrected chi connectivity index (χ2v) is 7.42. The number of anilines is 1. The molecule has 27 heavy (non-hydrogen) atoms. The molecule has 0 radical (unpaired) electrons. The molecule has 0 saturated carbocycles. The van der Waals surface area contributed by atoms with E-state index in [0.717, 1.165) is 35.5 Å². The van der Waals surface area contributed by atoms with Crippen molar-refractivity contribution < 1.29 is 14.3 Å². The third-order valence-corrected chi connectivity index (χ3v) is 5.70. The highest BCUT2D eigenvalue weighted by Crippen LogP contribution is 2.39. The molecule has 0 bridgehead atoms. The Morgan fingerprint density at radius 2 is 1.67 bits per heavy atom. The summed E-state index contributed by atoms with van der Waals surface area (Å²) in [5.74, 6) is 0.611. The molecule has 4 rings (SSSR count). The molecule has 5 nitrogen and oxygen atoms in total. The van der Waals surface area contributed by atoms with Gasteiger partial charge in [-0.25, -0.2) is 0 Å². The van der Waals surface area contributed by atoms with Crippen LogP contribution in [0.1, 0.15) is 37.6 Å². The van der Waals surface area contributed by atoms with Crippen LogP contribution >= 0.6 is 11.3 Å². The highest BCUT2D eigenvalue weighted by atomic mass is 32.1. The number of nitrogens with one attached hydrogen (secondary N) is 1. The van der Waals surface area contributed by atoms with E-state index < -0.39 is 5.91 Å². The van der Waals surface area contributed by atoms with Gasteiger partial charge in [0.05, 0.1) is 5.56 Å². The molecule has 3 N–H and O–H groups in total. The zero-order chi connectivity index (χ0) is 18.8. The summed E-state index contributed by atoms with van der Waals surface area (Å²) >= 11 is 1.45. The maximum atomic E-state index is 12.6. The predicted molar refractivity (Wildman–Crippen MR) is 106 cm³/mol. The van der Waals surface area contributed by atoms with Crippen molar-refractivity contribution in [2.75, 3.05) is 5.32 Å². The Labute approximate surface area is 160 Å². The van der Waals surface area contributed by atoms with Gasteiger partial charge >= 0.3 is 0 Å². The number of rotatable bonds is 5. The Hall–Kier alpha value is -3.12. The van der Waals surface area contributed by atoms with Crippen LogP contribution in [0.15, 0.2) is 54.6 Å². The number of primary amides is 1. The van der Waals surface area contributed by atoms with Crippen LogP contribution in [0.25, 0.3) is 0 Å². The number of benzene rings is 2. The van der Waals surface area contributed by atoms with E-state index in [2.05, 4.69) is 5.32 Å². The van der Waals surface area contributed by atoms with Gasteiger partial charge in [-0.3, -0.25) is 9.59 Å². The maximum Gasteiger partial charge on any atom is 0.256 e. The summed E-state index contributed by atoms with van der Waals surface area (Å²) < 4.78 is 5.73. The van der Waals surface area contributed by atoms with E-state index in [1.54, 1.807) is 24.3 Å². The molecule has 0 unspecified atom stereocenters. The van der Waals surface area contributed by atoms with Gasteiger partial charge in [-0.05, 0) is 61.2 Å². The molecule has 2 amide bonds. The molecule has 0 fully saturated rings. The van der Waals surface area contributed by atoms with Crippen molar-refractivity contribution in [3.05, 3.63) is 76.2 Å². The number of para-hydroxylation sites is 1. The van der Waals surface area contributed by atoms with Gasteiger partial charge in [0.1, 0.15) is 16.5 Å². The predicted octanol–water partition coefficient (Wildman–Crippen LogP) is 4.38. The standard InChI is InChI=1S/C21H18N2O3S/c22-19(24)18-16-7-4-8-17(16)27-21(18)23-20(25)13-9-11-15(12-10-13)26-14-5-2-1-3-6-14/h1-3,5-6,9-12H,4,7-8H2,(H2,22,24)(H,23,25). The summed E-state index contributed by atoms with van der Waals surface area (Å²) in [6.45, 7) is 0. The number of amides is 2. The van der Waals surface area contributed by atoms with E-state index in [1.807, 2.05) is 30.3 Å². The topological polar surface area (TPSA) is 81.4 Å². The van der Waals surface area contributed by atoms with Crippen molar-refractivity contribution in [3.63, 3.8) is 0 Å². The monoisotopic (exact) mass is 378 g/mol. The minimum Gasteiger partial charge on any atom is -0.457 e. The van der Waals surface area contributed by atoms with Crippen molar-refractivity contribution in [1.82, 2.24) is 0 Å². The first-order chi connectivity index (χ1) is 13.1. The Morgan fingerprint density at radius 1 is 0.963 bits per heavy atom. The summed E-state index contributed by atoms with van der Waals surface area (Å²) in [7, 11) is 0. The van der Waals surface area contributed by atoms with Crippen molar-refractivity contribution in [1.29, 1.82) is 0 Å². The van der Waals surface area contributed by atoms with Crippen molar-refractivity contribution in [3.8, 4) is 11.5 Å². The van der Waals surface area contributed by atoms with Gasteiger partial charge < -0.3 is 15.8 Å². The fraction of sp³-hybridized carbons (Fsp3) is 0.143. The number of nitrogens with two attached hydrogens (primary N) is 1. The molecule has 1 aliphatic rings. The number of fused-ring (bicyclic) bond motifs is 1. The summed E-state index contributed by atoms with van der Waals surface area (Å²) in [5.41, 5.74) is 7.48. The number of thiophene rings is 1. The first-order valence-corrected chi connectivity index (χ1v) is 9.52. The van der Waals surface area contributed by atoms with Crippen LogP contribution in [0, 0.1) is 0 Å². The van der Waals surface area contributed by atoms with Crippen LogP contribution in [-0.4, -0.2) is 11.8 Å². The normalized spacial score (nSPS) is 12.4. The van der Waals surface area contributed by atoms with Crippen LogP contribution < -0.4 is 15.8 Å². The smallest absolute Gasteiger partial charge is 0.256 e. The lowest BCUT2D eigenvalue weighted by molar-refractivity contribution is 0.100. The number of ether oxygens (including phenoxy) is 1. The molecule has 0 spiro atoms. The molecule has 1 aromatic heterocycles. The molecular formula is C21H18N2O3S. The molecule has 3 aromatic rings. The maximum absolute atomic E-state index is 12.6. The molecule has 0 aliphatic heterocycles. The average molecular weight is 378 g/mol. The third kappa shape index (κ3) is 3.57. The molecule has 2 aromatic carbocycles.